The first-order chi connectivity index (χ1) is 14.5. The number of nitrogens with two attached hydrogens (primary N) is 1. The van der Waals surface area contributed by atoms with Gasteiger partial charge in [-0.2, -0.15) is 0 Å². The Bertz CT molecular complexity index is 1080. The van der Waals surface area contributed by atoms with Crippen molar-refractivity contribution in [2.75, 3.05) is 13.1 Å². The third-order valence-corrected chi connectivity index (χ3v) is 5.55. The average Bonchev–Trinajstić information content (AvgIpc) is 3.25. The molecule has 1 aliphatic rings. The molecule has 32 heavy (non-hydrogen) atoms. The molecule has 6 nitrogen and oxygen atoms in total. The second-order valence-electron chi connectivity index (χ2n) is 7.71. The Hall–Kier alpha value is -2.80. The van der Waals surface area contributed by atoms with Crippen molar-refractivity contribution >= 4 is 47.4 Å². The highest BCUT2D eigenvalue weighted by molar-refractivity contribution is 5.99. The second kappa shape index (κ2) is 11.2. The number of ether oxygens (including phenoxy) is 1. The van der Waals surface area contributed by atoms with Gasteiger partial charge < -0.3 is 20.9 Å². The van der Waals surface area contributed by atoms with E-state index in [2.05, 4.69) is 5.32 Å². The number of halogens is 2. The van der Waals surface area contributed by atoms with Gasteiger partial charge in [-0.1, -0.05) is 42.5 Å². The van der Waals surface area contributed by atoms with Crippen molar-refractivity contribution in [1.29, 1.82) is 5.41 Å². The molecule has 1 fully saturated rings. The lowest BCUT2D eigenvalue weighted by atomic mass is 9.91. The lowest BCUT2D eigenvalue weighted by Gasteiger charge is -2.16. The van der Waals surface area contributed by atoms with Crippen LogP contribution in [0.25, 0.3) is 10.8 Å². The highest BCUT2D eigenvalue weighted by atomic mass is 35.5. The van der Waals surface area contributed by atoms with Crippen molar-refractivity contribution in [2.24, 2.45) is 5.73 Å². The molecule has 1 saturated heterocycles. The minimum absolute atomic E-state index is 0. The molecule has 0 spiro atoms. The number of carboxylic acids is 1. The third-order valence-electron chi connectivity index (χ3n) is 5.55. The van der Waals surface area contributed by atoms with E-state index in [1.165, 1.54) is 0 Å². The van der Waals surface area contributed by atoms with Gasteiger partial charge in [0, 0.05) is 12.1 Å². The molecule has 0 bridgehead atoms. The number of nitrogen functional groups attached to an aromatic ring is 1. The zero-order valence-corrected chi connectivity index (χ0v) is 19.0. The largest absolute Gasteiger partial charge is 0.489 e. The maximum absolute atomic E-state index is 12.0. The average molecular weight is 476 g/mol. The molecule has 0 amide bonds. The SMILES string of the molecule is Cl.Cl.N=C(N)c1ccc2ccc(CC(C(=O)O)c3ccc(O[C@H]4CCNC4)cc3)cc2c1. The van der Waals surface area contributed by atoms with Gasteiger partial charge >= 0.3 is 5.97 Å². The van der Waals surface area contributed by atoms with Crippen LogP contribution in [-0.4, -0.2) is 36.1 Å². The van der Waals surface area contributed by atoms with Gasteiger partial charge in [0.05, 0.1) is 5.92 Å². The summed E-state index contributed by atoms with van der Waals surface area (Å²) in [7, 11) is 0. The van der Waals surface area contributed by atoms with E-state index in [0.29, 0.717) is 12.0 Å². The van der Waals surface area contributed by atoms with Crippen molar-refractivity contribution in [3.05, 3.63) is 77.4 Å². The van der Waals surface area contributed by atoms with E-state index in [-0.39, 0.29) is 36.8 Å². The van der Waals surface area contributed by atoms with Gasteiger partial charge in [-0.05, 0) is 59.5 Å². The number of nitrogens with one attached hydrogen (secondary N) is 2. The number of carbonyl (C=O) groups is 1. The number of rotatable bonds is 7. The highest BCUT2D eigenvalue weighted by Crippen LogP contribution is 2.26. The minimum atomic E-state index is -0.860. The predicted molar refractivity (Wildman–Crippen MR) is 132 cm³/mol. The van der Waals surface area contributed by atoms with E-state index in [0.717, 1.165) is 47.2 Å². The van der Waals surface area contributed by atoms with Crippen LogP contribution in [0, 0.1) is 5.41 Å². The Morgan fingerprint density at radius 1 is 1.09 bits per heavy atom. The molecule has 0 saturated carbocycles. The maximum atomic E-state index is 12.0. The molecule has 170 valence electrons. The topological polar surface area (TPSA) is 108 Å². The normalized spacial score (nSPS) is 15.9. The molecule has 8 heteroatoms. The summed E-state index contributed by atoms with van der Waals surface area (Å²) >= 11 is 0. The van der Waals surface area contributed by atoms with Crippen LogP contribution in [-0.2, 0) is 11.2 Å². The molecule has 3 aromatic carbocycles. The van der Waals surface area contributed by atoms with Crippen LogP contribution >= 0.6 is 24.8 Å². The fraction of sp³-hybridized carbons (Fsp3) is 0.250. The standard InChI is InChI=1S/C24H25N3O3.2ClH/c25-23(26)18-4-3-16-2-1-15(11-19(16)13-18)12-22(24(28)29)17-5-7-20(8-6-17)30-21-9-10-27-14-21;;/h1-8,11,13,21-22,27H,9-10,12,14H2,(H3,25,26)(H,28,29);2*1H/t21-,22?;;/m0../s1. The molecule has 2 atom stereocenters. The van der Waals surface area contributed by atoms with E-state index >= 15 is 0 Å². The maximum Gasteiger partial charge on any atom is 0.311 e. The van der Waals surface area contributed by atoms with Crippen LogP contribution in [0.4, 0.5) is 0 Å². The third kappa shape index (κ3) is 5.91. The Balaban J connectivity index is 0.00000181. The smallest absolute Gasteiger partial charge is 0.311 e. The monoisotopic (exact) mass is 475 g/mol. The number of aliphatic carboxylic acids is 1. The van der Waals surface area contributed by atoms with Crippen LogP contribution in [0.3, 0.4) is 0 Å². The summed E-state index contributed by atoms with van der Waals surface area (Å²) in [6, 6.07) is 18.9. The van der Waals surface area contributed by atoms with Crippen molar-refractivity contribution in [3.8, 4) is 5.75 Å². The van der Waals surface area contributed by atoms with Crippen molar-refractivity contribution < 1.29 is 14.6 Å². The molecule has 1 unspecified atom stereocenters. The molecular weight excluding hydrogens is 449 g/mol. The van der Waals surface area contributed by atoms with Gasteiger partial charge in [-0.25, -0.2) is 0 Å². The van der Waals surface area contributed by atoms with E-state index < -0.39 is 11.9 Å². The second-order valence-corrected chi connectivity index (χ2v) is 7.71. The lowest BCUT2D eigenvalue weighted by Crippen LogP contribution is -2.19. The summed E-state index contributed by atoms with van der Waals surface area (Å²) in [6.07, 6.45) is 1.53. The van der Waals surface area contributed by atoms with Gasteiger partial charge in [0.2, 0.25) is 0 Å². The Kier molecular flexibility index (Phi) is 8.89. The van der Waals surface area contributed by atoms with Crippen LogP contribution in [0.2, 0.25) is 0 Å². The summed E-state index contributed by atoms with van der Waals surface area (Å²) in [4.78, 5) is 12.0. The van der Waals surface area contributed by atoms with Gasteiger partial charge in [-0.15, -0.1) is 24.8 Å². The summed E-state index contributed by atoms with van der Waals surface area (Å²) in [5, 5.41) is 22.7. The van der Waals surface area contributed by atoms with E-state index in [9.17, 15) is 9.90 Å². The zero-order valence-electron chi connectivity index (χ0n) is 17.4. The number of hydrogen-bond acceptors (Lipinski definition) is 4. The Morgan fingerprint density at radius 2 is 1.81 bits per heavy atom. The van der Waals surface area contributed by atoms with Crippen LogP contribution in [0.15, 0.2) is 60.7 Å². The molecular formula is C24H27Cl2N3O3. The van der Waals surface area contributed by atoms with Gasteiger partial charge in [0.15, 0.2) is 0 Å². The fourth-order valence-corrected chi connectivity index (χ4v) is 3.87. The van der Waals surface area contributed by atoms with E-state index in [1.54, 1.807) is 0 Å². The zero-order chi connectivity index (χ0) is 21.1. The molecule has 0 radical (unpaired) electrons. The lowest BCUT2D eigenvalue weighted by molar-refractivity contribution is -0.138. The van der Waals surface area contributed by atoms with E-state index in [1.807, 2.05) is 60.7 Å². The number of hydrogen-bond donors (Lipinski definition) is 4. The molecule has 1 heterocycles. The van der Waals surface area contributed by atoms with E-state index in [4.69, 9.17) is 15.9 Å². The van der Waals surface area contributed by atoms with Gasteiger partial charge in [0.25, 0.3) is 0 Å². The highest BCUT2D eigenvalue weighted by Gasteiger charge is 2.21. The van der Waals surface area contributed by atoms with Crippen molar-refractivity contribution in [3.63, 3.8) is 0 Å². The summed E-state index contributed by atoms with van der Waals surface area (Å²) < 4.78 is 5.93. The van der Waals surface area contributed by atoms with Crippen LogP contribution < -0.4 is 15.8 Å². The molecule has 5 N–H and O–H groups in total. The number of fused-ring (bicyclic) bond motifs is 1. The molecule has 0 aliphatic carbocycles. The molecule has 3 aromatic rings. The van der Waals surface area contributed by atoms with Crippen molar-refractivity contribution in [2.45, 2.75) is 24.9 Å². The van der Waals surface area contributed by atoms with Gasteiger partial charge in [0.1, 0.15) is 17.7 Å². The Morgan fingerprint density at radius 3 is 2.44 bits per heavy atom. The first-order valence-corrected chi connectivity index (χ1v) is 10.1. The summed E-state index contributed by atoms with van der Waals surface area (Å²) in [5.74, 6) is -0.734. The minimum Gasteiger partial charge on any atom is -0.489 e. The van der Waals surface area contributed by atoms with Gasteiger partial charge in [-0.3, -0.25) is 10.2 Å². The number of carboxylic acid groups (broad SMARTS) is 1. The van der Waals surface area contributed by atoms with Crippen molar-refractivity contribution in [1.82, 2.24) is 5.32 Å². The first-order valence-electron chi connectivity index (χ1n) is 10.1. The predicted octanol–water partition coefficient (Wildman–Crippen LogP) is 4.12. The molecule has 0 aromatic heterocycles. The molecule has 4 rings (SSSR count). The Labute approximate surface area is 199 Å². The molecule has 1 aliphatic heterocycles. The van der Waals surface area contributed by atoms with Crippen LogP contribution in [0.1, 0.15) is 29.0 Å². The number of benzene rings is 3. The number of amidine groups is 1. The van der Waals surface area contributed by atoms with Crippen LogP contribution in [0.5, 0.6) is 5.75 Å². The first kappa shape index (κ1) is 25.5. The fourth-order valence-electron chi connectivity index (χ4n) is 3.87. The quantitative estimate of drug-likeness (QED) is 0.303. The summed E-state index contributed by atoms with van der Waals surface area (Å²) in [5.41, 5.74) is 7.92. The summed E-state index contributed by atoms with van der Waals surface area (Å²) in [6.45, 7) is 1.80.